The molecule has 7 nitrogen and oxygen atoms in total. The van der Waals surface area contributed by atoms with Crippen LogP contribution in [0.15, 0.2) is 29.2 Å². The van der Waals surface area contributed by atoms with E-state index in [0.29, 0.717) is 13.0 Å². The minimum absolute atomic E-state index is 0.298. The Morgan fingerprint density at radius 1 is 1.40 bits per heavy atom. The lowest BCUT2D eigenvalue weighted by atomic mass is 9.98. The molecular weight excluding hydrogens is 282 g/mol. The third-order valence-corrected chi connectivity index (χ3v) is 5.05. The lowest BCUT2D eigenvalue weighted by Gasteiger charge is -2.27. The third kappa shape index (κ3) is 2.82. The van der Waals surface area contributed by atoms with Crippen molar-refractivity contribution < 1.29 is 13.3 Å². The van der Waals surface area contributed by atoms with Crippen LogP contribution in [-0.2, 0) is 10.0 Å². The molecule has 0 amide bonds. The Morgan fingerprint density at radius 2 is 2.05 bits per heavy atom. The van der Waals surface area contributed by atoms with E-state index in [1.54, 1.807) is 0 Å². The molecule has 1 unspecified atom stereocenters. The van der Waals surface area contributed by atoms with Crippen LogP contribution in [-0.4, -0.2) is 31.5 Å². The van der Waals surface area contributed by atoms with E-state index in [2.05, 4.69) is 10.0 Å². The average Bonchev–Trinajstić information content (AvgIpc) is 2.68. The molecule has 1 fully saturated rings. The van der Waals surface area contributed by atoms with Gasteiger partial charge in [-0.3, -0.25) is 10.1 Å². The van der Waals surface area contributed by atoms with Gasteiger partial charge in [-0.15, -0.1) is 0 Å². The van der Waals surface area contributed by atoms with E-state index >= 15 is 0 Å². The van der Waals surface area contributed by atoms with E-state index in [1.165, 1.54) is 24.3 Å². The van der Waals surface area contributed by atoms with Gasteiger partial charge in [0, 0.05) is 17.6 Å². The van der Waals surface area contributed by atoms with E-state index in [9.17, 15) is 18.5 Å². The molecule has 1 aliphatic rings. The molecule has 0 aromatic heterocycles. The fraction of sp³-hybridized carbons (Fsp3) is 0.500. The zero-order valence-electron chi connectivity index (χ0n) is 11.3. The van der Waals surface area contributed by atoms with Crippen molar-refractivity contribution in [1.29, 1.82) is 0 Å². The summed E-state index contributed by atoms with van der Waals surface area (Å²) in [6, 6.07) is 5.05. The van der Waals surface area contributed by atoms with Gasteiger partial charge in [0.25, 0.3) is 5.69 Å². The first-order chi connectivity index (χ1) is 9.24. The number of rotatable bonds is 4. The van der Waals surface area contributed by atoms with Gasteiger partial charge < -0.3 is 5.32 Å². The van der Waals surface area contributed by atoms with Crippen molar-refractivity contribution in [2.45, 2.75) is 36.7 Å². The molecular formula is C12H17N3O4S. The van der Waals surface area contributed by atoms with Crippen LogP contribution in [0.1, 0.15) is 20.3 Å². The molecule has 0 bridgehead atoms. The van der Waals surface area contributed by atoms with Gasteiger partial charge in [0.2, 0.25) is 10.0 Å². The Balaban J connectivity index is 2.34. The Morgan fingerprint density at radius 3 is 2.60 bits per heavy atom. The number of nitro groups is 1. The van der Waals surface area contributed by atoms with Crippen LogP contribution in [0.3, 0.4) is 0 Å². The molecule has 1 atom stereocenters. The molecule has 0 radical (unpaired) electrons. The molecule has 20 heavy (non-hydrogen) atoms. The van der Waals surface area contributed by atoms with Crippen LogP contribution in [0.2, 0.25) is 0 Å². The van der Waals surface area contributed by atoms with Crippen LogP contribution in [0.4, 0.5) is 5.69 Å². The topological polar surface area (TPSA) is 101 Å². The molecule has 0 spiro atoms. The summed E-state index contributed by atoms with van der Waals surface area (Å²) in [5, 5.41) is 14.1. The second kappa shape index (κ2) is 5.12. The highest BCUT2D eigenvalue weighted by Gasteiger charge is 2.38. The minimum atomic E-state index is -3.92. The minimum Gasteiger partial charge on any atom is -0.310 e. The first-order valence-electron chi connectivity index (χ1n) is 6.25. The number of hydrogen-bond donors (Lipinski definition) is 2. The third-order valence-electron chi connectivity index (χ3n) is 3.53. The SMILES string of the molecule is CC1(C)NCCC1NS(=O)(=O)c1ccccc1[N+](=O)[O-]. The molecule has 1 aliphatic heterocycles. The summed E-state index contributed by atoms with van der Waals surface area (Å²) in [5.74, 6) is 0. The Hall–Kier alpha value is -1.51. The second-order valence-electron chi connectivity index (χ2n) is 5.34. The van der Waals surface area contributed by atoms with Crippen LogP contribution >= 0.6 is 0 Å². The van der Waals surface area contributed by atoms with Gasteiger partial charge in [-0.2, -0.15) is 0 Å². The zero-order valence-corrected chi connectivity index (χ0v) is 12.1. The molecule has 2 N–H and O–H groups in total. The summed E-state index contributed by atoms with van der Waals surface area (Å²) in [6.07, 6.45) is 0.646. The summed E-state index contributed by atoms with van der Waals surface area (Å²) in [7, 11) is -3.92. The van der Waals surface area contributed by atoms with Crippen LogP contribution in [0.5, 0.6) is 0 Å². The summed E-state index contributed by atoms with van der Waals surface area (Å²) in [6.45, 7) is 4.50. The molecule has 0 saturated carbocycles. The van der Waals surface area contributed by atoms with Gasteiger partial charge in [0.1, 0.15) is 0 Å². The van der Waals surface area contributed by atoms with E-state index in [4.69, 9.17) is 0 Å². The van der Waals surface area contributed by atoms with Gasteiger partial charge in [-0.05, 0) is 32.9 Å². The number of nitro benzene ring substituents is 1. The molecule has 1 saturated heterocycles. The van der Waals surface area contributed by atoms with E-state index in [0.717, 1.165) is 0 Å². The monoisotopic (exact) mass is 299 g/mol. The molecule has 1 aromatic carbocycles. The van der Waals surface area contributed by atoms with Crippen molar-refractivity contribution in [3.63, 3.8) is 0 Å². The summed E-state index contributed by atoms with van der Waals surface area (Å²) in [4.78, 5) is 9.95. The standard InChI is InChI=1S/C12H17N3O4S/c1-12(2)11(7-8-13-12)14-20(18,19)10-6-4-3-5-9(10)15(16)17/h3-6,11,13-14H,7-8H2,1-2H3. The average molecular weight is 299 g/mol. The maximum Gasteiger partial charge on any atom is 0.289 e. The van der Waals surface area contributed by atoms with Crippen LogP contribution < -0.4 is 10.0 Å². The quantitative estimate of drug-likeness (QED) is 0.638. The predicted octanol–water partition coefficient (Wildman–Crippen LogP) is 1.01. The molecule has 1 aromatic rings. The molecule has 8 heteroatoms. The van der Waals surface area contributed by atoms with Gasteiger partial charge in [-0.25, -0.2) is 13.1 Å². The van der Waals surface area contributed by atoms with Crippen molar-refractivity contribution in [3.8, 4) is 0 Å². The number of sulfonamides is 1. The summed E-state index contributed by atoms with van der Waals surface area (Å²) in [5.41, 5.74) is -0.792. The maximum absolute atomic E-state index is 12.4. The van der Waals surface area contributed by atoms with Crippen molar-refractivity contribution in [1.82, 2.24) is 10.0 Å². The maximum atomic E-state index is 12.4. The van der Waals surface area contributed by atoms with Crippen LogP contribution in [0, 0.1) is 10.1 Å². The number of para-hydroxylation sites is 1. The lowest BCUT2D eigenvalue weighted by molar-refractivity contribution is -0.387. The van der Waals surface area contributed by atoms with E-state index in [1.807, 2.05) is 13.8 Å². The molecule has 1 heterocycles. The number of nitrogens with one attached hydrogen (secondary N) is 2. The highest BCUT2D eigenvalue weighted by molar-refractivity contribution is 7.89. The highest BCUT2D eigenvalue weighted by atomic mass is 32.2. The number of hydrogen-bond acceptors (Lipinski definition) is 5. The van der Waals surface area contributed by atoms with Gasteiger partial charge in [-0.1, -0.05) is 12.1 Å². The van der Waals surface area contributed by atoms with Crippen molar-refractivity contribution in [3.05, 3.63) is 34.4 Å². The summed E-state index contributed by atoms with van der Waals surface area (Å²) < 4.78 is 27.3. The van der Waals surface area contributed by atoms with Gasteiger partial charge in [0.05, 0.1) is 4.92 Å². The smallest absolute Gasteiger partial charge is 0.289 e. The van der Waals surface area contributed by atoms with Gasteiger partial charge in [0.15, 0.2) is 4.90 Å². The highest BCUT2D eigenvalue weighted by Crippen LogP contribution is 2.26. The Kier molecular flexibility index (Phi) is 3.81. The van der Waals surface area contributed by atoms with Crippen molar-refractivity contribution in [2.75, 3.05) is 6.54 Å². The normalized spacial score (nSPS) is 21.8. The largest absolute Gasteiger partial charge is 0.310 e. The lowest BCUT2D eigenvalue weighted by Crippen LogP contribution is -2.50. The zero-order chi connectivity index (χ0) is 15.0. The molecule has 0 aliphatic carbocycles. The second-order valence-corrected chi connectivity index (χ2v) is 7.02. The predicted molar refractivity (Wildman–Crippen MR) is 73.9 cm³/mol. The Bertz CT molecular complexity index is 627. The first kappa shape index (κ1) is 14.9. The van der Waals surface area contributed by atoms with Crippen molar-refractivity contribution >= 4 is 15.7 Å². The van der Waals surface area contributed by atoms with Crippen LogP contribution in [0.25, 0.3) is 0 Å². The van der Waals surface area contributed by atoms with E-state index in [-0.39, 0.29) is 16.5 Å². The first-order valence-corrected chi connectivity index (χ1v) is 7.73. The molecule has 110 valence electrons. The summed E-state index contributed by atoms with van der Waals surface area (Å²) >= 11 is 0. The fourth-order valence-electron chi connectivity index (χ4n) is 2.31. The van der Waals surface area contributed by atoms with Gasteiger partial charge >= 0.3 is 0 Å². The molecule has 2 rings (SSSR count). The fourth-order valence-corrected chi connectivity index (χ4v) is 3.90. The van der Waals surface area contributed by atoms with E-state index < -0.39 is 20.6 Å². The van der Waals surface area contributed by atoms with Crippen molar-refractivity contribution in [2.24, 2.45) is 0 Å². The number of benzene rings is 1. The Labute approximate surface area is 117 Å². The number of nitrogens with zero attached hydrogens (tertiary/aromatic N) is 1.